The van der Waals surface area contributed by atoms with Crippen LogP contribution in [0, 0.1) is 0 Å². The minimum atomic E-state index is -0.0251. The number of halogens is 2. The van der Waals surface area contributed by atoms with E-state index in [1.807, 2.05) is 4.90 Å². The van der Waals surface area contributed by atoms with Crippen molar-refractivity contribution in [3.05, 3.63) is 23.1 Å². The van der Waals surface area contributed by atoms with Gasteiger partial charge in [0.2, 0.25) is 5.22 Å². The van der Waals surface area contributed by atoms with Gasteiger partial charge in [-0.15, -0.1) is 0 Å². The summed E-state index contributed by atoms with van der Waals surface area (Å²) in [6.45, 7) is 0.802. The molecule has 2 heterocycles. The highest BCUT2D eigenvalue weighted by Crippen LogP contribution is 2.24. The topological polar surface area (TPSA) is 33.5 Å². The molecule has 1 aromatic heterocycles. The number of likely N-dealkylation sites (tertiary alicyclic amines) is 1. The van der Waals surface area contributed by atoms with Crippen LogP contribution < -0.4 is 0 Å². The van der Waals surface area contributed by atoms with Crippen molar-refractivity contribution in [1.82, 2.24) is 4.90 Å². The van der Waals surface area contributed by atoms with E-state index in [2.05, 4.69) is 15.9 Å². The normalized spacial score (nSPS) is 21.1. The zero-order chi connectivity index (χ0) is 11.5. The second kappa shape index (κ2) is 5.23. The fourth-order valence-corrected chi connectivity index (χ4v) is 2.90. The summed E-state index contributed by atoms with van der Waals surface area (Å²) < 4.78 is 4.95. The Labute approximate surface area is 108 Å². The smallest absolute Gasteiger partial charge is 0.259 e. The second-order valence-electron chi connectivity index (χ2n) is 3.91. The maximum atomic E-state index is 12.2. The van der Waals surface area contributed by atoms with Gasteiger partial charge in [-0.3, -0.25) is 4.79 Å². The van der Waals surface area contributed by atoms with Gasteiger partial charge in [-0.25, -0.2) is 0 Å². The lowest BCUT2D eigenvalue weighted by molar-refractivity contribution is 0.0641. The quantitative estimate of drug-likeness (QED) is 0.785. The molecule has 0 aromatic carbocycles. The van der Waals surface area contributed by atoms with E-state index >= 15 is 0 Å². The SMILES string of the molecule is O=C(c1ccoc1Cl)N1CCCCC1CBr. The molecule has 1 aromatic rings. The average molecular weight is 307 g/mol. The number of carbonyl (C=O) groups is 1. The summed E-state index contributed by atoms with van der Waals surface area (Å²) in [5, 5.41) is 0.998. The third-order valence-electron chi connectivity index (χ3n) is 2.91. The standard InChI is InChI=1S/C11H13BrClNO2/c12-7-8-3-1-2-5-14(8)11(15)9-4-6-16-10(9)13/h4,6,8H,1-3,5,7H2. The molecular formula is C11H13BrClNO2. The van der Waals surface area contributed by atoms with Crippen molar-refractivity contribution in [2.45, 2.75) is 25.3 Å². The third kappa shape index (κ3) is 2.28. The maximum Gasteiger partial charge on any atom is 0.259 e. The van der Waals surface area contributed by atoms with Gasteiger partial charge in [-0.2, -0.15) is 0 Å². The molecule has 5 heteroatoms. The predicted molar refractivity (Wildman–Crippen MR) is 66.2 cm³/mol. The Balaban J connectivity index is 2.17. The molecule has 0 N–H and O–H groups in total. The molecule has 0 bridgehead atoms. The van der Waals surface area contributed by atoms with Crippen molar-refractivity contribution in [2.75, 3.05) is 11.9 Å². The van der Waals surface area contributed by atoms with Crippen molar-refractivity contribution >= 4 is 33.4 Å². The van der Waals surface area contributed by atoms with Gasteiger partial charge in [0.05, 0.1) is 11.8 Å². The Morgan fingerprint density at radius 2 is 2.44 bits per heavy atom. The Hall–Kier alpha value is -0.480. The molecule has 0 radical (unpaired) electrons. The van der Waals surface area contributed by atoms with Gasteiger partial charge in [0.15, 0.2) is 0 Å². The number of hydrogen-bond acceptors (Lipinski definition) is 2. The molecule has 0 saturated carbocycles. The zero-order valence-corrected chi connectivity index (χ0v) is 11.1. The summed E-state index contributed by atoms with van der Waals surface area (Å²) in [5.74, 6) is -0.0251. The summed E-state index contributed by atoms with van der Waals surface area (Å²) in [6, 6.07) is 1.90. The average Bonchev–Trinajstić information content (AvgIpc) is 2.74. The molecule has 1 aliphatic heterocycles. The number of nitrogens with zero attached hydrogens (tertiary/aromatic N) is 1. The largest absolute Gasteiger partial charge is 0.452 e. The molecule has 2 rings (SSSR count). The van der Waals surface area contributed by atoms with Crippen LogP contribution in [0.15, 0.2) is 16.7 Å². The van der Waals surface area contributed by atoms with Crippen molar-refractivity contribution in [3.63, 3.8) is 0 Å². The number of piperidine rings is 1. The number of amides is 1. The van der Waals surface area contributed by atoms with Gasteiger partial charge in [0.25, 0.3) is 5.91 Å². The van der Waals surface area contributed by atoms with Crippen LogP contribution in [0.25, 0.3) is 0 Å². The number of furan rings is 1. The van der Waals surface area contributed by atoms with Gasteiger partial charge >= 0.3 is 0 Å². The van der Waals surface area contributed by atoms with E-state index in [0.717, 1.165) is 24.7 Å². The maximum absolute atomic E-state index is 12.2. The number of carbonyl (C=O) groups excluding carboxylic acids is 1. The minimum absolute atomic E-state index is 0.0251. The lowest BCUT2D eigenvalue weighted by Crippen LogP contribution is -2.44. The lowest BCUT2D eigenvalue weighted by atomic mass is 10.0. The first-order valence-corrected chi connectivity index (χ1v) is 6.84. The first kappa shape index (κ1) is 12.0. The summed E-state index contributed by atoms with van der Waals surface area (Å²) in [7, 11) is 0. The number of hydrogen-bond donors (Lipinski definition) is 0. The van der Waals surface area contributed by atoms with Crippen LogP contribution in [-0.2, 0) is 0 Å². The minimum Gasteiger partial charge on any atom is -0.452 e. The highest BCUT2D eigenvalue weighted by atomic mass is 79.9. The number of rotatable bonds is 2. The van der Waals surface area contributed by atoms with E-state index in [1.165, 1.54) is 12.7 Å². The predicted octanol–water partition coefficient (Wildman–Crippen LogP) is 3.32. The van der Waals surface area contributed by atoms with E-state index in [0.29, 0.717) is 5.56 Å². The highest BCUT2D eigenvalue weighted by Gasteiger charge is 2.28. The van der Waals surface area contributed by atoms with Crippen LogP contribution in [-0.4, -0.2) is 28.7 Å². The summed E-state index contributed by atoms with van der Waals surface area (Å²) >= 11 is 9.27. The van der Waals surface area contributed by atoms with Gasteiger partial charge in [0, 0.05) is 17.9 Å². The molecular weight excluding hydrogens is 293 g/mol. The fraction of sp³-hybridized carbons (Fsp3) is 0.545. The van der Waals surface area contributed by atoms with Crippen LogP contribution in [0.5, 0.6) is 0 Å². The molecule has 0 spiro atoms. The Morgan fingerprint density at radius 3 is 3.06 bits per heavy atom. The van der Waals surface area contributed by atoms with Gasteiger partial charge in [-0.05, 0) is 36.9 Å². The first-order valence-electron chi connectivity index (χ1n) is 5.34. The Kier molecular flexibility index (Phi) is 3.92. The van der Waals surface area contributed by atoms with Crippen LogP contribution in [0.1, 0.15) is 29.6 Å². The van der Waals surface area contributed by atoms with Crippen LogP contribution in [0.2, 0.25) is 5.22 Å². The lowest BCUT2D eigenvalue weighted by Gasteiger charge is -2.34. The summed E-state index contributed by atoms with van der Waals surface area (Å²) in [4.78, 5) is 14.1. The van der Waals surface area contributed by atoms with Gasteiger partial charge < -0.3 is 9.32 Å². The highest BCUT2D eigenvalue weighted by molar-refractivity contribution is 9.09. The van der Waals surface area contributed by atoms with Gasteiger partial charge in [0.1, 0.15) is 0 Å². The molecule has 1 aliphatic rings. The van der Waals surface area contributed by atoms with E-state index in [-0.39, 0.29) is 17.2 Å². The van der Waals surface area contributed by atoms with E-state index < -0.39 is 0 Å². The monoisotopic (exact) mass is 305 g/mol. The van der Waals surface area contributed by atoms with E-state index in [9.17, 15) is 4.79 Å². The number of alkyl halides is 1. The molecule has 1 unspecified atom stereocenters. The zero-order valence-electron chi connectivity index (χ0n) is 8.79. The summed E-state index contributed by atoms with van der Waals surface area (Å²) in [5.41, 5.74) is 0.467. The van der Waals surface area contributed by atoms with E-state index in [1.54, 1.807) is 6.07 Å². The van der Waals surface area contributed by atoms with Crippen LogP contribution in [0.3, 0.4) is 0 Å². The molecule has 1 saturated heterocycles. The molecule has 16 heavy (non-hydrogen) atoms. The fourth-order valence-electron chi connectivity index (χ4n) is 2.03. The molecule has 1 amide bonds. The van der Waals surface area contributed by atoms with Crippen molar-refractivity contribution in [2.24, 2.45) is 0 Å². The van der Waals surface area contributed by atoms with Crippen molar-refractivity contribution in [3.8, 4) is 0 Å². The molecule has 1 atom stereocenters. The van der Waals surface area contributed by atoms with Crippen molar-refractivity contribution in [1.29, 1.82) is 0 Å². The van der Waals surface area contributed by atoms with Crippen molar-refractivity contribution < 1.29 is 9.21 Å². The Bertz CT molecular complexity index is 380. The van der Waals surface area contributed by atoms with Gasteiger partial charge in [-0.1, -0.05) is 15.9 Å². The second-order valence-corrected chi connectivity index (χ2v) is 4.90. The van der Waals surface area contributed by atoms with Crippen LogP contribution in [0.4, 0.5) is 0 Å². The third-order valence-corrected chi connectivity index (χ3v) is 3.95. The molecule has 0 aliphatic carbocycles. The van der Waals surface area contributed by atoms with Crippen LogP contribution >= 0.6 is 27.5 Å². The molecule has 1 fully saturated rings. The molecule has 88 valence electrons. The summed E-state index contributed by atoms with van der Waals surface area (Å²) in [6.07, 6.45) is 4.74. The Morgan fingerprint density at radius 1 is 1.62 bits per heavy atom. The molecule has 3 nitrogen and oxygen atoms in total. The first-order chi connectivity index (χ1) is 7.74. The van der Waals surface area contributed by atoms with E-state index in [4.69, 9.17) is 16.0 Å².